The van der Waals surface area contributed by atoms with Crippen molar-refractivity contribution in [3.8, 4) is 0 Å². The van der Waals surface area contributed by atoms with E-state index in [9.17, 15) is 0 Å². The number of aryl methyl sites for hydroxylation is 1. The molecule has 0 spiro atoms. The zero-order chi connectivity index (χ0) is 12.4. The standard InChI is InChI=1S/C12H16BrN3O/c1-7-5-8(13)6-10-11(7)16-12(15-10)9(14)3-4-17-2/h5-6,9H,3-4,14H2,1-2H3,(H,15,16). The number of halogens is 1. The first-order chi connectivity index (χ1) is 8.11. The summed E-state index contributed by atoms with van der Waals surface area (Å²) in [5.41, 5.74) is 9.18. The second kappa shape index (κ2) is 5.16. The van der Waals surface area contributed by atoms with E-state index >= 15 is 0 Å². The number of aromatic nitrogens is 2. The molecule has 0 saturated heterocycles. The van der Waals surface area contributed by atoms with Crippen LogP contribution in [0.5, 0.6) is 0 Å². The lowest BCUT2D eigenvalue weighted by Crippen LogP contribution is -2.14. The molecule has 1 heterocycles. The number of ether oxygens (including phenoxy) is 1. The summed E-state index contributed by atoms with van der Waals surface area (Å²) >= 11 is 3.47. The van der Waals surface area contributed by atoms with Crippen LogP contribution in [0.15, 0.2) is 16.6 Å². The zero-order valence-corrected chi connectivity index (χ0v) is 11.5. The molecule has 0 aliphatic carbocycles. The third kappa shape index (κ3) is 2.68. The molecule has 92 valence electrons. The molecule has 0 aliphatic heterocycles. The number of hydrogen-bond acceptors (Lipinski definition) is 3. The van der Waals surface area contributed by atoms with E-state index in [-0.39, 0.29) is 6.04 Å². The van der Waals surface area contributed by atoms with E-state index in [1.807, 2.05) is 19.1 Å². The summed E-state index contributed by atoms with van der Waals surface area (Å²) in [6, 6.07) is 3.95. The molecule has 1 atom stereocenters. The molecule has 5 heteroatoms. The van der Waals surface area contributed by atoms with Crippen molar-refractivity contribution >= 4 is 27.0 Å². The van der Waals surface area contributed by atoms with Crippen LogP contribution in [-0.2, 0) is 4.74 Å². The van der Waals surface area contributed by atoms with Gasteiger partial charge in [-0.3, -0.25) is 0 Å². The number of nitrogens with zero attached hydrogens (tertiary/aromatic N) is 1. The van der Waals surface area contributed by atoms with Gasteiger partial charge in [0.15, 0.2) is 0 Å². The van der Waals surface area contributed by atoms with Gasteiger partial charge in [0.2, 0.25) is 0 Å². The van der Waals surface area contributed by atoms with Crippen LogP contribution in [0.3, 0.4) is 0 Å². The number of rotatable bonds is 4. The van der Waals surface area contributed by atoms with Crippen molar-refractivity contribution in [1.82, 2.24) is 9.97 Å². The number of benzene rings is 1. The fraction of sp³-hybridized carbons (Fsp3) is 0.417. The highest BCUT2D eigenvalue weighted by molar-refractivity contribution is 9.10. The van der Waals surface area contributed by atoms with Crippen molar-refractivity contribution < 1.29 is 4.74 Å². The second-order valence-electron chi connectivity index (χ2n) is 4.13. The number of fused-ring (bicyclic) bond motifs is 1. The number of hydrogen-bond donors (Lipinski definition) is 2. The van der Waals surface area contributed by atoms with Crippen LogP contribution >= 0.6 is 15.9 Å². The van der Waals surface area contributed by atoms with E-state index in [0.717, 1.165) is 33.3 Å². The van der Waals surface area contributed by atoms with Crippen LogP contribution in [0.4, 0.5) is 0 Å². The van der Waals surface area contributed by atoms with Crippen molar-refractivity contribution in [3.05, 3.63) is 28.0 Å². The zero-order valence-electron chi connectivity index (χ0n) is 9.96. The molecule has 17 heavy (non-hydrogen) atoms. The highest BCUT2D eigenvalue weighted by Gasteiger charge is 2.12. The normalized spacial score (nSPS) is 13.2. The Labute approximate surface area is 109 Å². The van der Waals surface area contributed by atoms with Crippen molar-refractivity contribution in [2.45, 2.75) is 19.4 Å². The molecule has 0 bridgehead atoms. The van der Waals surface area contributed by atoms with E-state index in [4.69, 9.17) is 10.5 Å². The molecule has 0 saturated carbocycles. The Morgan fingerprint density at radius 1 is 1.53 bits per heavy atom. The van der Waals surface area contributed by atoms with E-state index < -0.39 is 0 Å². The van der Waals surface area contributed by atoms with Gasteiger partial charge in [-0.1, -0.05) is 15.9 Å². The van der Waals surface area contributed by atoms with E-state index in [1.165, 1.54) is 0 Å². The Bertz CT molecular complexity index is 524. The summed E-state index contributed by atoms with van der Waals surface area (Å²) in [5, 5.41) is 0. The number of imidazole rings is 1. The molecule has 2 rings (SSSR count). The molecular formula is C12H16BrN3O. The summed E-state index contributed by atoms with van der Waals surface area (Å²) in [6.45, 7) is 2.68. The van der Waals surface area contributed by atoms with Crippen LogP contribution in [0.1, 0.15) is 23.9 Å². The third-order valence-corrected chi connectivity index (χ3v) is 3.20. The van der Waals surface area contributed by atoms with Crippen molar-refractivity contribution in [2.24, 2.45) is 5.73 Å². The lowest BCUT2D eigenvalue weighted by atomic mass is 10.2. The molecule has 1 aromatic carbocycles. The predicted molar refractivity (Wildman–Crippen MR) is 72.0 cm³/mol. The summed E-state index contributed by atoms with van der Waals surface area (Å²) in [4.78, 5) is 7.81. The summed E-state index contributed by atoms with van der Waals surface area (Å²) in [6.07, 6.45) is 0.760. The second-order valence-corrected chi connectivity index (χ2v) is 5.04. The smallest absolute Gasteiger partial charge is 0.124 e. The van der Waals surface area contributed by atoms with Crippen LogP contribution in [-0.4, -0.2) is 23.7 Å². The van der Waals surface area contributed by atoms with E-state index in [1.54, 1.807) is 7.11 Å². The minimum absolute atomic E-state index is 0.111. The molecule has 0 aliphatic rings. The van der Waals surface area contributed by atoms with Crippen LogP contribution in [0.25, 0.3) is 11.0 Å². The lowest BCUT2D eigenvalue weighted by Gasteiger charge is -2.06. The fourth-order valence-corrected chi connectivity index (χ4v) is 2.40. The largest absolute Gasteiger partial charge is 0.385 e. The summed E-state index contributed by atoms with van der Waals surface area (Å²) in [5.74, 6) is 0.818. The first-order valence-electron chi connectivity index (χ1n) is 5.52. The molecule has 0 fully saturated rings. The first kappa shape index (κ1) is 12.5. The van der Waals surface area contributed by atoms with Gasteiger partial charge in [0.1, 0.15) is 5.82 Å². The summed E-state index contributed by atoms with van der Waals surface area (Å²) < 4.78 is 6.07. The van der Waals surface area contributed by atoms with Gasteiger partial charge in [-0.25, -0.2) is 4.98 Å². The number of nitrogens with one attached hydrogen (secondary N) is 1. The highest BCUT2D eigenvalue weighted by atomic mass is 79.9. The molecule has 0 amide bonds. The Hall–Kier alpha value is -0.910. The molecular weight excluding hydrogens is 282 g/mol. The summed E-state index contributed by atoms with van der Waals surface area (Å²) in [7, 11) is 1.67. The third-order valence-electron chi connectivity index (χ3n) is 2.74. The van der Waals surface area contributed by atoms with Gasteiger partial charge in [-0.15, -0.1) is 0 Å². The topological polar surface area (TPSA) is 63.9 Å². The monoisotopic (exact) mass is 297 g/mol. The maximum Gasteiger partial charge on any atom is 0.124 e. The number of nitrogens with two attached hydrogens (primary N) is 1. The van der Waals surface area contributed by atoms with Gasteiger partial charge >= 0.3 is 0 Å². The van der Waals surface area contributed by atoms with Gasteiger partial charge in [-0.05, 0) is 31.0 Å². The van der Waals surface area contributed by atoms with Crippen LogP contribution < -0.4 is 5.73 Å². The Morgan fingerprint density at radius 3 is 3.00 bits per heavy atom. The van der Waals surface area contributed by atoms with Crippen LogP contribution in [0.2, 0.25) is 0 Å². The van der Waals surface area contributed by atoms with Crippen LogP contribution in [0, 0.1) is 6.92 Å². The van der Waals surface area contributed by atoms with Gasteiger partial charge < -0.3 is 15.5 Å². The van der Waals surface area contributed by atoms with E-state index in [2.05, 4.69) is 25.9 Å². The van der Waals surface area contributed by atoms with Crippen molar-refractivity contribution in [2.75, 3.05) is 13.7 Å². The molecule has 1 aromatic heterocycles. The number of methoxy groups -OCH3 is 1. The Kier molecular flexibility index (Phi) is 3.81. The Balaban J connectivity index is 2.34. The maximum absolute atomic E-state index is 6.05. The number of aromatic amines is 1. The minimum atomic E-state index is -0.111. The van der Waals surface area contributed by atoms with Gasteiger partial charge in [0.05, 0.1) is 17.1 Å². The lowest BCUT2D eigenvalue weighted by molar-refractivity contribution is 0.187. The van der Waals surface area contributed by atoms with E-state index in [0.29, 0.717) is 6.61 Å². The van der Waals surface area contributed by atoms with Crippen molar-refractivity contribution in [1.29, 1.82) is 0 Å². The fourth-order valence-electron chi connectivity index (χ4n) is 1.82. The predicted octanol–water partition coefficient (Wildman–Crippen LogP) is 2.67. The Morgan fingerprint density at radius 2 is 2.29 bits per heavy atom. The maximum atomic E-state index is 6.05. The highest BCUT2D eigenvalue weighted by Crippen LogP contribution is 2.24. The average Bonchev–Trinajstić information content (AvgIpc) is 2.69. The molecule has 4 nitrogen and oxygen atoms in total. The molecule has 3 N–H and O–H groups in total. The SMILES string of the molecule is COCCC(N)c1nc2c(C)cc(Br)cc2[nH]1. The van der Waals surface area contributed by atoms with Gasteiger partial charge in [-0.2, -0.15) is 0 Å². The number of H-pyrrole nitrogens is 1. The van der Waals surface area contributed by atoms with Crippen molar-refractivity contribution in [3.63, 3.8) is 0 Å². The minimum Gasteiger partial charge on any atom is -0.385 e. The van der Waals surface area contributed by atoms with Gasteiger partial charge in [0, 0.05) is 18.2 Å². The molecule has 1 unspecified atom stereocenters. The average molecular weight is 298 g/mol. The first-order valence-corrected chi connectivity index (χ1v) is 6.31. The quantitative estimate of drug-likeness (QED) is 0.912. The van der Waals surface area contributed by atoms with Gasteiger partial charge in [0.25, 0.3) is 0 Å². The molecule has 0 radical (unpaired) electrons. The molecule has 2 aromatic rings.